The van der Waals surface area contributed by atoms with Crippen LogP contribution in [0.2, 0.25) is 0 Å². The molecule has 0 bridgehead atoms. The lowest BCUT2D eigenvalue weighted by Gasteiger charge is -2.07. The Morgan fingerprint density at radius 1 is 0.760 bits per heavy atom. The van der Waals surface area contributed by atoms with Crippen LogP contribution in [0.3, 0.4) is 0 Å². The summed E-state index contributed by atoms with van der Waals surface area (Å²) in [4.78, 5) is 8.41. The first-order chi connectivity index (χ1) is 12.4. The fraction of sp³-hybridized carbons (Fsp3) is 0.545. The molecule has 0 aliphatic rings. The number of rotatable bonds is 13. The number of aromatic nitrogens is 2. The maximum atomic E-state index is 5.82. The normalized spacial score (nSPS) is 10.8. The SMILES string of the molecule is CCCCCCCCCCCCOc1ccc(-c2nc[c]cn2)cc1. The summed E-state index contributed by atoms with van der Waals surface area (Å²) in [5.41, 5.74) is 1.00. The molecule has 1 aromatic heterocycles. The maximum Gasteiger partial charge on any atom is 0.159 e. The minimum absolute atomic E-state index is 0.722. The van der Waals surface area contributed by atoms with Crippen LogP contribution in [0, 0.1) is 6.07 Å². The molecule has 0 fully saturated rings. The Bertz CT molecular complexity index is 554. The van der Waals surface area contributed by atoms with Crippen LogP contribution in [0.25, 0.3) is 11.4 Å². The monoisotopic (exact) mass is 339 g/mol. The molecule has 0 saturated carbocycles. The molecule has 0 N–H and O–H groups in total. The molecule has 1 radical (unpaired) electrons. The molecule has 3 heteroatoms. The van der Waals surface area contributed by atoms with Gasteiger partial charge in [-0.05, 0) is 30.7 Å². The highest BCUT2D eigenvalue weighted by molar-refractivity contribution is 5.55. The number of benzene rings is 1. The highest BCUT2D eigenvalue weighted by Crippen LogP contribution is 2.19. The van der Waals surface area contributed by atoms with E-state index in [0.717, 1.165) is 30.2 Å². The van der Waals surface area contributed by atoms with Gasteiger partial charge in [0.05, 0.1) is 6.61 Å². The number of unbranched alkanes of at least 4 members (excludes halogenated alkanes) is 9. The van der Waals surface area contributed by atoms with Gasteiger partial charge in [-0.2, -0.15) is 0 Å². The maximum absolute atomic E-state index is 5.82. The van der Waals surface area contributed by atoms with Crippen molar-refractivity contribution in [3.63, 3.8) is 0 Å². The Hall–Kier alpha value is -1.90. The van der Waals surface area contributed by atoms with Crippen molar-refractivity contribution in [1.29, 1.82) is 0 Å². The first-order valence-electron chi connectivity index (χ1n) is 9.81. The molecule has 135 valence electrons. The van der Waals surface area contributed by atoms with Crippen LogP contribution in [0.1, 0.15) is 71.1 Å². The Balaban J connectivity index is 1.51. The highest BCUT2D eigenvalue weighted by atomic mass is 16.5. The van der Waals surface area contributed by atoms with Gasteiger partial charge in [0.2, 0.25) is 0 Å². The zero-order valence-electron chi connectivity index (χ0n) is 15.5. The second kappa shape index (κ2) is 12.5. The molecular weight excluding hydrogens is 308 g/mol. The van der Waals surface area contributed by atoms with Crippen molar-refractivity contribution >= 4 is 0 Å². The van der Waals surface area contributed by atoms with E-state index < -0.39 is 0 Å². The zero-order valence-corrected chi connectivity index (χ0v) is 15.5. The van der Waals surface area contributed by atoms with Gasteiger partial charge in [0.15, 0.2) is 5.82 Å². The highest BCUT2D eigenvalue weighted by Gasteiger charge is 2.00. The lowest BCUT2D eigenvalue weighted by molar-refractivity contribution is 0.304. The van der Waals surface area contributed by atoms with E-state index in [-0.39, 0.29) is 0 Å². The summed E-state index contributed by atoms with van der Waals surface area (Å²) < 4.78 is 5.82. The largest absolute Gasteiger partial charge is 0.494 e. The van der Waals surface area contributed by atoms with Crippen LogP contribution in [0.4, 0.5) is 0 Å². The van der Waals surface area contributed by atoms with Crippen molar-refractivity contribution in [1.82, 2.24) is 9.97 Å². The van der Waals surface area contributed by atoms with Crippen molar-refractivity contribution in [3.8, 4) is 17.1 Å². The molecule has 0 amide bonds. The average molecular weight is 340 g/mol. The van der Waals surface area contributed by atoms with Crippen LogP contribution in [0.15, 0.2) is 36.7 Å². The van der Waals surface area contributed by atoms with E-state index in [2.05, 4.69) is 23.0 Å². The zero-order chi connectivity index (χ0) is 17.6. The summed E-state index contributed by atoms with van der Waals surface area (Å²) in [6.45, 7) is 3.07. The molecule has 0 unspecified atom stereocenters. The van der Waals surface area contributed by atoms with Crippen molar-refractivity contribution in [3.05, 3.63) is 42.7 Å². The number of hydrogen-bond acceptors (Lipinski definition) is 3. The van der Waals surface area contributed by atoms with Gasteiger partial charge >= 0.3 is 0 Å². The fourth-order valence-corrected chi connectivity index (χ4v) is 2.89. The number of hydrogen-bond donors (Lipinski definition) is 0. The quantitative estimate of drug-likeness (QED) is 0.405. The van der Waals surface area contributed by atoms with Crippen LogP contribution in [0.5, 0.6) is 5.75 Å². The van der Waals surface area contributed by atoms with E-state index >= 15 is 0 Å². The molecule has 1 aromatic carbocycles. The van der Waals surface area contributed by atoms with E-state index in [0.29, 0.717) is 0 Å². The molecule has 0 saturated heterocycles. The first kappa shape index (κ1) is 19.4. The van der Waals surface area contributed by atoms with Crippen molar-refractivity contribution in [2.45, 2.75) is 71.1 Å². The number of nitrogens with zero attached hydrogens (tertiary/aromatic N) is 2. The first-order valence-corrected chi connectivity index (χ1v) is 9.81. The van der Waals surface area contributed by atoms with E-state index in [9.17, 15) is 0 Å². The van der Waals surface area contributed by atoms with E-state index in [1.165, 1.54) is 57.8 Å². The molecule has 0 atom stereocenters. The van der Waals surface area contributed by atoms with Crippen molar-refractivity contribution in [2.24, 2.45) is 0 Å². The minimum Gasteiger partial charge on any atom is -0.494 e. The Kier molecular flexibility index (Phi) is 9.68. The van der Waals surface area contributed by atoms with E-state index in [1.807, 2.05) is 24.3 Å². The van der Waals surface area contributed by atoms with Gasteiger partial charge in [0.1, 0.15) is 5.75 Å². The molecular formula is C22H31N2O. The summed E-state index contributed by atoms with van der Waals surface area (Å²) in [5.74, 6) is 1.64. The standard InChI is InChI=1S/C22H31N2O/c1-2-3-4-5-6-7-8-9-10-11-19-25-21-15-13-20(14-16-21)22-23-17-12-18-24-22/h13-18H,2-11,19H2,1H3. The third-order valence-corrected chi connectivity index (χ3v) is 4.40. The van der Waals surface area contributed by atoms with Crippen molar-refractivity contribution in [2.75, 3.05) is 6.61 Å². The molecule has 3 nitrogen and oxygen atoms in total. The summed E-state index contributed by atoms with van der Waals surface area (Å²) >= 11 is 0. The van der Waals surface area contributed by atoms with Crippen LogP contribution < -0.4 is 4.74 Å². The van der Waals surface area contributed by atoms with Gasteiger partial charge in [-0.15, -0.1) is 0 Å². The minimum atomic E-state index is 0.722. The molecule has 2 aromatic rings. The molecule has 0 aliphatic carbocycles. The molecule has 25 heavy (non-hydrogen) atoms. The summed E-state index contributed by atoms with van der Waals surface area (Å²) in [7, 11) is 0. The van der Waals surface area contributed by atoms with Crippen LogP contribution in [-0.4, -0.2) is 16.6 Å². The lowest BCUT2D eigenvalue weighted by Crippen LogP contribution is -1.97. The summed E-state index contributed by atoms with van der Waals surface area (Å²) in [6, 6.07) is 10.8. The van der Waals surface area contributed by atoms with Gasteiger partial charge < -0.3 is 4.74 Å². The Morgan fingerprint density at radius 2 is 1.32 bits per heavy atom. The van der Waals surface area contributed by atoms with Gasteiger partial charge in [0.25, 0.3) is 0 Å². The third kappa shape index (κ3) is 8.15. The smallest absolute Gasteiger partial charge is 0.159 e. The average Bonchev–Trinajstić information content (AvgIpc) is 2.67. The van der Waals surface area contributed by atoms with Gasteiger partial charge in [-0.1, -0.05) is 64.7 Å². The van der Waals surface area contributed by atoms with Crippen LogP contribution in [-0.2, 0) is 0 Å². The van der Waals surface area contributed by atoms with Crippen LogP contribution >= 0.6 is 0 Å². The summed E-state index contributed by atoms with van der Waals surface area (Å²) in [5, 5.41) is 0. The van der Waals surface area contributed by atoms with Gasteiger partial charge in [0, 0.05) is 24.0 Å². The molecule has 0 aliphatic heterocycles. The van der Waals surface area contributed by atoms with E-state index in [4.69, 9.17) is 4.74 Å². The second-order valence-corrected chi connectivity index (χ2v) is 6.56. The van der Waals surface area contributed by atoms with Gasteiger partial charge in [-0.25, -0.2) is 9.97 Å². The third-order valence-electron chi connectivity index (χ3n) is 4.40. The predicted molar refractivity (Wildman–Crippen MR) is 104 cm³/mol. The van der Waals surface area contributed by atoms with Gasteiger partial charge in [-0.3, -0.25) is 0 Å². The van der Waals surface area contributed by atoms with E-state index in [1.54, 1.807) is 12.4 Å². The van der Waals surface area contributed by atoms with Crippen molar-refractivity contribution < 1.29 is 4.74 Å². The molecule has 0 spiro atoms. The fourth-order valence-electron chi connectivity index (χ4n) is 2.89. The molecule has 1 heterocycles. The topological polar surface area (TPSA) is 35.0 Å². The second-order valence-electron chi connectivity index (χ2n) is 6.56. The Morgan fingerprint density at radius 3 is 1.92 bits per heavy atom. The lowest BCUT2D eigenvalue weighted by atomic mass is 10.1. The summed E-state index contributed by atoms with van der Waals surface area (Å²) in [6.07, 6.45) is 16.7. The molecule has 2 rings (SSSR count). The Labute approximate surface area is 152 Å². The predicted octanol–water partition coefficient (Wildman–Crippen LogP) is 6.24. The number of ether oxygens (including phenoxy) is 1.